The van der Waals surface area contributed by atoms with Gasteiger partial charge in [-0.1, -0.05) is 0 Å². The Morgan fingerprint density at radius 2 is 1.47 bits per heavy atom. The average molecular weight is 289 g/mol. The zero-order valence-corrected chi connectivity index (χ0v) is 11.7. The van der Waals surface area contributed by atoms with Crippen LogP contribution in [0, 0.1) is 0 Å². The summed E-state index contributed by atoms with van der Waals surface area (Å²) in [6.07, 6.45) is -5.19. The number of likely N-dealkylation sites (N-methyl/N-ethyl adjacent to an activating group) is 1. The fraction of sp³-hybridized carbons (Fsp3) is 0.909. The fourth-order valence-electron chi connectivity index (χ4n) is 1.05. The summed E-state index contributed by atoms with van der Waals surface area (Å²) in [6.45, 7) is 7.12. The maximum absolute atomic E-state index is 10.5. The van der Waals surface area contributed by atoms with E-state index in [2.05, 4.69) is 14.0 Å². The van der Waals surface area contributed by atoms with Crippen molar-refractivity contribution >= 4 is 5.97 Å². The molecule has 0 radical (unpaired) electrons. The molecule has 0 rings (SSSR count). The molecule has 0 atom stereocenters. The lowest BCUT2D eigenvalue weighted by Crippen LogP contribution is -2.48. The van der Waals surface area contributed by atoms with Gasteiger partial charge in [0, 0.05) is 14.2 Å². The molecule has 0 saturated heterocycles. The van der Waals surface area contributed by atoms with Crippen molar-refractivity contribution in [3.05, 3.63) is 0 Å². The first kappa shape index (κ1) is 20.5. The Kier molecular flexibility index (Phi) is 10.8. The molecule has 0 aromatic rings. The van der Waals surface area contributed by atoms with E-state index in [0.29, 0.717) is 0 Å². The molecule has 116 valence electrons. The van der Waals surface area contributed by atoms with Gasteiger partial charge in [0.15, 0.2) is 0 Å². The highest BCUT2D eigenvalue weighted by atomic mass is 19.4. The summed E-state index contributed by atoms with van der Waals surface area (Å²) in [5.41, 5.74) is 0. The van der Waals surface area contributed by atoms with Crippen LogP contribution in [-0.2, 0) is 14.3 Å². The van der Waals surface area contributed by atoms with Gasteiger partial charge in [-0.3, -0.25) is 0 Å². The predicted molar refractivity (Wildman–Crippen MR) is 61.3 cm³/mol. The first-order valence-electron chi connectivity index (χ1n) is 5.72. The van der Waals surface area contributed by atoms with Crippen LogP contribution in [-0.4, -0.2) is 70.7 Å². The molecular formula is C11H22F3NO4. The summed E-state index contributed by atoms with van der Waals surface area (Å²) in [5, 5.41) is 8.78. The number of hydrogen-bond acceptors (Lipinski definition) is 4. The number of carboxylic acids is 1. The first-order valence-corrected chi connectivity index (χ1v) is 5.72. The summed E-state index contributed by atoms with van der Waals surface area (Å²) in [4.78, 5) is 8.78. The molecule has 0 aliphatic carbocycles. The fourth-order valence-corrected chi connectivity index (χ4v) is 1.05. The number of aliphatic carboxylic acids is 1. The van der Waals surface area contributed by atoms with Gasteiger partial charge in [-0.15, -0.1) is 0 Å². The highest BCUT2D eigenvalue weighted by Gasteiger charge is 2.28. The summed E-state index contributed by atoms with van der Waals surface area (Å²) in [5.74, 6) is -3.01. The number of carboxylic acid groups (broad SMARTS) is 1. The maximum Gasteiger partial charge on any atom is 0.430 e. The molecule has 0 aromatic heterocycles. The van der Waals surface area contributed by atoms with Crippen molar-refractivity contribution in [1.29, 1.82) is 0 Å². The first-order chi connectivity index (χ1) is 8.63. The van der Waals surface area contributed by atoms with Crippen LogP contribution in [0.5, 0.6) is 0 Å². The molecule has 0 spiro atoms. The Bertz CT molecular complexity index is 239. The largest absolute Gasteiger partial charge is 0.542 e. The van der Waals surface area contributed by atoms with E-state index in [0.717, 1.165) is 37.3 Å². The van der Waals surface area contributed by atoms with E-state index in [9.17, 15) is 13.2 Å². The third kappa shape index (κ3) is 11.9. The van der Waals surface area contributed by atoms with Crippen LogP contribution >= 0.6 is 0 Å². The van der Waals surface area contributed by atoms with Crippen molar-refractivity contribution in [2.24, 2.45) is 0 Å². The second kappa shape index (κ2) is 9.99. The van der Waals surface area contributed by atoms with E-state index in [1.165, 1.54) is 0 Å². The zero-order chi connectivity index (χ0) is 15.5. The van der Waals surface area contributed by atoms with Crippen molar-refractivity contribution in [1.82, 2.24) is 0 Å². The van der Waals surface area contributed by atoms with Crippen molar-refractivity contribution in [3.63, 3.8) is 0 Å². The molecule has 0 heterocycles. The van der Waals surface area contributed by atoms with E-state index in [1.807, 2.05) is 0 Å². The normalized spacial score (nSPS) is 11.7. The molecule has 0 N–H and O–H groups in total. The topological polar surface area (TPSA) is 58.6 Å². The number of methoxy groups -OCH3 is 2. The van der Waals surface area contributed by atoms with E-state index in [-0.39, 0.29) is 0 Å². The molecule has 0 amide bonds. The Morgan fingerprint density at radius 1 is 1.16 bits per heavy atom. The molecule has 0 saturated carbocycles. The monoisotopic (exact) mass is 289 g/mol. The van der Waals surface area contributed by atoms with Gasteiger partial charge in [0.05, 0.1) is 26.8 Å². The molecule has 0 aliphatic heterocycles. The van der Waals surface area contributed by atoms with Gasteiger partial charge in [-0.05, 0) is 6.92 Å². The van der Waals surface area contributed by atoms with Gasteiger partial charge in [0.25, 0.3) is 0 Å². The quantitative estimate of drug-likeness (QED) is 0.621. The number of quaternary nitrogens is 1. The lowest BCUT2D eigenvalue weighted by atomic mass is 10.4. The number of carbonyl (C=O) groups excluding carboxylic acids is 1. The van der Waals surface area contributed by atoms with Gasteiger partial charge >= 0.3 is 6.18 Å². The number of halogens is 3. The second-order valence-corrected chi connectivity index (χ2v) is 4.15. The lowest BCUT2D eigenvalue weighted by Gasteiger charge is -2.32. The van der Waals surface area contributed by atoms with Gasteiger partial charge in [0.2, 0.25) is 0 Å². The van der Waals surface area contributed by atoms with Gasteiger partial charge in [-0.25, -0.2) is 0 Å². The molecule has 0 bridgehead atoms. The van der Waals surface area contributed by atoms with Crippen molar-refractivity contribution < 1.29 is 37.0 Å². The van der Waals surface area contributed by atoms with E-state index >= 15 is 0 Å². The van der Waals surface area contributed by atoms with E-state index in [4.69, 9.17) is 19.4 Å². The smallest absolute Gasteiger partial charge is 0.430 e. The average Bonchev–Trinajstić information content (AvgIpc) is 2.33. The van der Waals surface area contributed by atoms with Gasteiger partial charge in [0.1, 0.15) is 19.1 Å². The van der Waals surface area contributed by atoms with Crippen LogP contribution in [0.2, 0.25) is 0 Å². The Labute approximate surface area is 111 Å². The van der Waals surface area contributed by atoms with E-state index in [1.54, 1.807) is 14.2 Å². The van der Waals surface area contributed by atoms with Gasteiger partial charge in [-0.2, -0.15) is 13.2 Å². The zero-order valence-electron chi connectivity index (χ0n) is 11.7. The van der Waals surface area contributed by atoms with Crippen molar-refractivity contribution in [3.8, 4) is 0 Å². The number of ether oxygens (including phenoxy) is 2. The molecule has 0 fully saturated rings. The molecular weight excluding hydrogens is 267 g/mol. The minimum Gasteiger partial charge on any atom is -0.542 e. The summed E-state index contributed by atoms with van der Waals surface area (Å²) >= 11 is 0. The lowest BCUT2D eigenvalue weighted by molar-refractivity contribution is -0.908. The van der Waals surface area contributed by atoms with Crippen LogP contribution in [0.1, 0.15) is 6.92 Å². The molecule has 0 aromatic carbocycles. The molecule has 0 aliphatic rings. The minimum atomic E-state index is -5.19. The molecule has 19 heavy (non-hydrogen) atoms. The predicted octanol–water partition coefficient (Wildman–Crippen LogP) is 0.0443. The summed E-state index contributed by atoms with van der Waals surface area (Å²) in [6, 6.07) is 0. The number of hydrogen-bond donors (Lipinski definition) is 0. The second-order valence-electron chi connectivity index (χ2n) is 4.15. The van der Waals surface area contributed by atoms with Crippen molar-refractivity contribution in [2.75, 3.05) is 54.1 Å². The Balaban J connectivity index is 0. The van der Waals surface area contributed by atoms with Crippen LogP contribution < -0.4 is 5.11 Å². The van der Waals surface area contributed by atoms with Crippen LogP contribution in [0.3, 0.4) is 0 Å². The SMILES string of the molecule is CC[N+](C)(CCOC)CCOC.O=C([O-])C(F)(F)F. The number of rotatable bonds is 7. The Morgan fingerprint density at radius 3 is 1.63 bits per heavy atom. The van der Waals surface area contributed by atoms with Crippen LogP contribution in [0.15, 0.2) is 0 Å². The molecule has 0 unspecified atom stereocenters. The third-order valence-electron chi connectivity index (χ3n) is 2.67. The van der Waals surface area contributed by atoms with Crippen LogP contribution in [0.25, 0.3) is 0 Å². The van der Waals surface area contributed by atoms with E-state index < -0.39 is 12.1 Å². The van der Waals surface area contributed by atoms with Gasteiger partial charge < -0.3 is 23.9 Å². The number of carbonyl (C=O) groups is 1. The van der Waals surface area contributed by atoms with Crippen molar-refractivity contribution in [2.45, 2.75) is 13.1 Å². The Hall–Kier alpha value is -0.860. The third-order valence-corrected chi connectivity index (χ3v) is 2.67. The maximum atomic E-state index is 10.5. The highest BCUT2D eigenvalue weighted by Crippen LogP contribution is 2.11. The highest BCUT2D eigenvalue weighted by molar-refractivity contribution is 5.70. The minimum absolute atomic E-state index is 0.827. The molecule has 8 heteroatoms. The molecule has 5 nitrogen and oxygen atoms in total. The standard InChI is InChI=1S/C9H22NO2.C2HF3O2/c1-5-10(2,6-8-11-3)7-9-12-4;3-2(4,5)1(6)7/h5-9H2,1-4H3;(H,6,7)/q+1;/p-1. The number of nitrogens with zero attached hydrogens (tertiary/aromatic N) is 1. The van der Waals surface area contributed by atoms with Crippen LogP contribution in [0.4, 0.5) is 13.2 Å². The summed E-state index contributed by atoms with van der Waals surface area (Å²) in [7, 11) is 5.73. The summed E-state index contributed by atoms with van der Waals surface area (Å²) < 4.78 is 42.7. The number of alkyl halides is 3.